The van der Waals surface area contributed by atoms with Crippen molar-refractivity contribution < 1.29 is 0 Å². The molecule has 0 amide bonds. The second kappa shape index (κ2) is 12.4. The lowest BCUT2D eigenvalue weighted by atomic mass is 10.0. The number of hydrogen-bond donors (Lipinski definition) is 0. The zero-order valence-electron chi connectivity index (χ0n) is 31.7. The highest BCUT2D eigenvalue weighted by Crippen LogP contribution is 2.44. The molecule has 0 aliphatic heterocycles. The van der Waals surface area contributed by atoms with Gasteiger partial charge in [0.2, 0.25) is 5.95 Å². The highest BCUT2D eigenvalue weighted by Gasteiger charge is 2.21. The lowest BCUT2D eigenvalue weighted by molar-refractivity contribution is 1.01. The van der Waals surface area contributed by atoms with Gasteiger partial charge in [0.05, 0.1) is 33.3 Å². The van der Waals surface area contributed by atoms with Crippen LogP contribution in [-0.4, -0.2) is 19.1 Å². The third-order valence-corrected chi connectivity index (χ3v) is 13.4. The fourth-order valence-electron chi connectivity index (χ4n) is 9.46. The Morgan fingerprint density at radius 2 is 0.932 bits per heavy atom. The van der Waals surface area contributed by atoms with Crippen LogP contribution in [0.15, 0.2) is 194 Å². The molecular weight excluding hydrogens is 737 g/mol. The van der Waals surface area contributed by atoms with E-state index >= 15 is 0 Å². The number of benzene rings is 9. The third-order valence-electron chi connectivity index (χ3n) is 12.1. The molecule has 0 saturated heterocycles. The maximum atomic E-state index is 5.52. The summed E-state index contributed by atoms with van der Waals surface area (Å²) in [5.74, 6) is 0.663. The molecule has 4 nitrogen and oxygen atoms in total. The van der Waals surface area contributed by atoms with Crippen LogP contribution in [0.5, 0.6) is 0 Å². The Morgan fingerprint density at radius 3 is 1.69 bits per heavy atom. The van der Waals surface area contributed by atoms with Crippen LogP contribution in [0, 0.1) is 0 Å². The van der Waals surface area contributed by atoms with Gasteiger partial charge in [-0.1, -0.05) is 140 Å². The molecule has 0 bridgehead atoms. The van der Waals surface area contributed by atoms with E-state index in [2.05, 4.69) is 203 Å². The Kier molecular flexibility index (Phi) is 6.85. The molecule has 9 aromatic carbocycles. The number of rotatable bonds is 4. The Morgan fingerprint density at radius 1 is 0.356 bits per heavy atom. The van der Waals surface area contributed by atoms with Gasteiger partial charge in [-0.2, -0.15) is 0 Å². The van der Waals surface area contributed by atoms with Crippen LogP contribution in [0.2, 0.25) is 0 Å². The smallest absolute Gasteiger partial charge is 0.235 e. The van der Waals surface area contributed by atoms with E-state index in [0.717, 1.165) is 38.9 Å². The first-order chi connectivity index (χ1) is 29.3. The average molecular weight is 769 g/mol. The molecule has 0 saturated carbocycles. The van der Waals surface area contributed by atoms with Crippen LogP contribution < -0.4 is 0 Å². The molecule has 13 aromatic rings. The number of aromatic nitrogens is 4. The van der Waals surface area contributed by atoms with E-state index in [1.54, 1.807) is 0 Å². The molecule has 0 spiro atoms. The van der Waals surface area contributed by atoms with Gasteiger partial charge in [-0.05, 0) is 76.5 Å². The Balaban J connectivity index is 1.01. The number of fused-ring (bicyclic) bond motifs is 12. The molecule has 4 heterocycles. The van der Waals surface area contributed by atoms with Crippen LogP contribution in [-0.2, 0) is 0 Å². The summed E-state index contributed by atoms with van der Waals surface area (Å²) in [6, 6.07) is 70.0. The van der Waals surface area contributed by atoms with Crippen LogP contribution in [0.3, 0.4) is 0 Å². The van der Waals surface area contributed by atoms with Crippen molar-refractivity contribution in [3.8, 4) is 34.0 Å². The monoisotopic (exact) mass is 768 g/mol. The average Bonchev–Trinajstić information content (AvgIpc) is 3.96. The molecule has 4 aromatic heterocycles. The van der Waals surface area contributed by atoms with Crippen molar-refractivity contribution in [3.63, 3.8) is 0 Å². The molecule has 59 heavy (non-hydrogen) atoms. The standard InChI is InChI=1S/C54H32N4S/c1-2-14-36(15-3-1)57-47-23-10-7-17-38(47)44-31-34(26-29-49(44)57)35-27-30-50-45(32-35)39-18-8-11-24-48(39)58(50)54-55-46-22-9-6-19-42(46)51(56-54)43-21-12-20-40-41-28-25-33-13-4-5-16-37(33)52(41)59-53(40)43/h1-32H. The summed E-state index contributed by atoms with van der Waals surface area (Å²) < 4.78 is 7.17. The minimum atomic E-state index is 0.663. The first-order valence-electron chi connectivity index (χ1n) is 20.0. The van der Waals surface area contributed by atoms with E-state index in [0.29, 0.717) is 5.95 Å². The molecule has 0 unspecified atom stereocenters. The van der Waals surface area contributed by atoms with Crippen molar-refractivity contribution in [1.82, 2.24) is 19.1 Å². The summed E-state index contributed by atoms with van der Waals surface area (Å²) in [6.45, 7) is 0. The fraction of sp³-hybridized carbons (Fsp3) is 0. The third kappa shape index (κ3) is 4.77. The van der Waals surface area contributed by atoms with Crippen molar-refractivity contribution >= 4 is 96.8 Å². The van der Waals surface area contributed by atoms with Crippen molar-refractivity contribution in [3.05, 3.63) is 194 Å². The largest absolute Gasteiger partial charge is 0.309 e. The lowest BCUT2D eigenvalue weighted by Crippen LogP contribution is -2.03. The number of thiophene rings is 1. The van der Waals surface area contributed by atoms with Crippen molar-refractivity contribution in [2.24, 2.45) is 0 Å². The molecule has 0 atom stereocenters. The molecule has 0 fully saturated rings. The zero-order valence-corrected chi connectivity index (χ0v) is 32.5. The van der Waals surface area contributed by atoms with Crippen LogP contribution >= 0.6 is 11.3 Å². The van der Waals surface area contributed by atoms with Gasteiger partial charge < -0.3 is 4.57 Å². The molecule has 0 aliphatic carbocycles. The van der Waals surface area contributed by atoms with Crippen molar-refractivity contribution in [2.75, 3.05) is 0 Å². The first-order valence-corrected chi connectivity index (χ1v) is 20.8. The van der Waals surface area contributed by atoms with Gasteiger partial charge in [0.1, 0.15) is 0 Å². The van der Waals surface area contributed by atoms with Crippen LogP contribution in [0.4, 0.5) is 0 Å². The summed E-state index contributed by atoms with van der Waals surface area (Å²) in [4.78, 5) is 10.8. The lowest BCUT2D eigenvalue weighted by Gasteiger charge is -2.12. The SMILES string of the molecule is c1ccc(-n2c3ccccc3c3cc(-c4ccc5c(c4)c4ccccc4n5-c4nc(-c5cccc6c5sc5c7ccccc7ccc65)c5ccccc5n4)ccc32)cc1. The van der Waals surface area contributed by atoms with Gasteiger partial charge >= 0.3 is 0 Å². The Hall–Kier alpha value is -7.60. The predicted octanol–water partition coefficient (Wildman–Crippen LogP) is 14.7. The fourth-order valence-corrected chi connectivity index (χ4v) is 10.8. The molecule has 0 aliphatic rings. The quantitative estimate of drug-likeness (QED) is 0.179. The van der Waals surface area contributed by atoms with Gasteiger partial charge in [-0.25, -0.2) is 9.97 Å². The van der Waals surface area contributed by atoms with E-state index in [4.69, 9.17) is 9.97 Å². The highest BCUT2D eigenvalue weighted by molar-refractivity contribution is 7.27. The molecule has 0 N–H and O–H groups in total. The normalized spacial score (nSPS) is 12.1. The predicted molar refractivity (Wildman–Crippen MR) is 249 cm³/mol. The molecule has 13 rings (SSSR count). The number of hydrogen-bond acceptors (Lipinski definition) is 3. The molecule has 5 heteroatoms. The van der Waals surface area contributed by atoms with E-state index in [-0.39, 0.29) is 0 Å². The second-order valence-corrected chi connectivity index (χ2v) is 16.4. The van der Waals surface area contributed by atoms with E-state index in [1.165, 1.54) is 74.6 Å². The Labute approximate surface area is 342 Å². The van der Waals surface area contributed by atoms with Gasteiger partial charge in [-0.15, -0.1) is 11.3 Å². The maximum Gasteiger partial charge on any atom is 0.235 e. The minimum absolute atomic E-state index is 0.663. The van der Waals surface area contributed by atoms with Crippen molar-refractivity contribution in [1.29, 1.82) is 0 Å². The summed E-state index contributed by atoms with van der Waals surface area (Å²) in [5, 5.41) is 10.9. The van der Waals surface area contributed by atoms with Gasteiger partial charge in [0.25, 0.3) is 0 Å². The summed E-state index contributed by atoms with van der Waals surface area (Å²) >= 11 is 1.86. The zero-order chi connectivity index (χ0) is 38.6. The van der Waals surface area contributed by atoms with Gasteiger partial charge in [-0.3, -0.25) is 4.57 Å². The van der Waals surface area contributed by atoms with Crippen molar-refractivity contribution in [2.45, 2.75) is 0 Å². The highest BCUT2D eigenvalue weighted by atomic mass is 32.1. The first kappa shape index (κ1) is 32.5. The maximum absolute atomic E-state index is 5.52. The van der Waals surface area contributed by atoms with Gasteiger partial charge in [0.15, 0.2) is 0 Å². The van der Waals surface area contributed by atoms with Crippen LogP contribution in [0.1, 0.15) is 0 Å². The summed E-state index contributed by atoms with van der Waals surface area (Å²) in [6.07, 6.45) is 0. The molecular formula is C54H32N4S. The summed E-state index contributed by atoms with van der Waals surface area (Å²) in [7, 11) is 0. The minimum Gasteiger partial charge on any atom is -0.309 e. The topological polar surface area (TPSA) is 35.6 Å². The van der Waals surface area contributed by atoms with Crippen LogP contribution in [0.25, 0.3) is 119 Å². The summed E-state index contributed by atoms with van der Waals surface area (Å²) in [5.41, 5.74) is 11.0. The van der Waals surface area contributed by atoms with E-state index < -0.39 is 0 Å². The number of para-hydroxylation sites is 4. The Bertz CT molecular complexity index is 3850. The number of nitrogens with zero attached hydrogens (tertiary/aromatic N) is 4. The van der Waals surface area contributed by atoms with Gasteiger partial charge in [0, 0.05) is 58.4 Å². The molecule has 274 valence electrons. The second-order valence-electron chi connectivity index (χ2n) is 15.3. The molecule has 0 radical (unpaired) electrons. The van der Waals surface area contributed by atoms with E-state index in [1.807, 2.05) is 11.3 Å². The van der Waals surface area contributed by atoms with E-state index in [9.17, 15) is 0 Å².